The topological polar surface area (TPSA) is 20.3 Å². The molecule has 1 heterocycles. The quantitative estimate of drug-likeness (QED) is 0.584. The van der Waals surface area contributed by atoms with Gasteiger partial charge in [-0.1, -0.05) is 42.5 Å². The molecule has 1 aliphatic heterocycles. The molecule has 17 heavy (non-hydrogen) atoms. The van der Waals surface area contributed by atoms with E-state index in [1.807, 2.05) is 24.4 Å². The first-order valence-corrected chi connectivity index (χ1v) is 5.92. The minimum absolute atomic E-state index is 0.327. The maximum atomic E-state index is 10.9. The van der Waals surface area contributed by atoms with E-state index >= 15 is 0 Å². The molecule has 88 valence electrons. The first-order chi connectivity index (χ1) is 8.29. The Morgan fingerprint density at radius 1 is 1.35 bits per heavy atom. The zero-order valence-electron chi connectivity index (χ0n) is 10.0. The summed E-state index contributed by atoms with van der Waals surface area (Å²) in [5, 5.41) is 0. The van der Waals surface area contributed by atoms with Gasteiger partial charge in [-0.3, -0.25) is 4.79 Å². The minimum Gasteiger partial charge on any atom is -0.367 e. The van der Waals surface area contributed by atoms with E-state index in [-0.39, 0.29) is 0 Å². The van der Waals surface area contributed by atoms with Crippen LogP contribution in [0.1, 0.15) is 18.9 Å². The van der Waals surface area contributed by atoms with Crippen molar-refractivity contribution in [3.05, 3.63) is 59.8 Å². The van der Waals surface area contributed by atoms with E-state index in [9.17, 15) is 4.79 Å². The van der Waals surface area contributed by atoms with Gasteiger partial charge in [-0.25, -0.2) is 0 Å². The summed E-state index contributed by atoms with van der Waals surface area (Å²) in [4.78, 5) is 13.1. The van der Waals surface area contributed by atoms with Crippen LogP contribution in [0.5, 0.6) is 0 Å². The average molecular weight is 227 g/mol. The van der Waals surface area contributed by atoms with Crippen LogP contribution in [0.2, 0.25) is 0 Å². The van der Waals surface area contributed by atoms with Gasteiger partial charge in [-0.05, 0) is 18.9 Å². The van der Waals surface area contributed by atoms with Crippen molar-refractivity contribution < 1.29 is 4.79 Å². The predicted octanol–water partition coefficient (Wildman–Crippen LogP) is 2.92. The highest BCUT2D eigenvalue weighted by molar-refractivity contribution is 5.73. The summed E-state index contributed by atoms with van der Waals surface area (Å²) < 4.78 is 0. The maximum Gasteiger partial charge on any atom is 0.147 e. The molecule has 0 radical (unpaired) electrons. The van der Waals surface area contributed by atoms with E-state index in [1.165, 1.54) is 5.56 Å². The molecule has 2 nitrogen and oxygen atoms in total. The highest BCUT2D eigenvalue weighted by atomic mass is 16.1. The third-order valence-corrected chi connectivity index (χ3v) is 2.98. The van der Waals surface area contributed by atoms with Gasteiger partial charge in [-0.2, -0.15) is 0 Å². The molecule has 0 saturated carbocycles. The molecule has 0 N–H and O–H groups in total. The molecule has 0 saturated heterocycles. The van der Waals surface area contributed by atoms with E-state index in [1.54, 1.807) is 0 Å². The Morgan fingerprint density at radius 3 is 2.82 bits per heavy atom. The van der Waals surface area contributed by atoms with E-state index in [4.69, 9.17) is 0 Å². The van der Waals surface area contributed by atoms with Crippen molar-refractivity contribution in [1.29, 1.82) is 0 Å². The fraction of sp³-hybridized carbons (Fsp3) is 0.267. The van der Waals surface area contributed by atoms with E-state index < -0.39 is 0 Å². The Kier molecular flexibility index (Phi) is 3.76. The number of carbonyl (C=O) groups is 1. The van der Waals surface area contributed by atoms with Gasteiger partial charge in [0.2, 0.25) is 0 Å². The molecule has 2 heteroatoms. The highest BCUT2D eigenvalue weighted by Gasteiger charge is 2.11. The standard InChI is InChI=1S/C15H17NO/c1-13-6-5-9-15(12-17)11-16(13)10-14-7-3-2-4-8-14/h2-8,11-13H,9-10H2,1H3. The molecule has 0 fully saturated rings. The van der Waals surface area contributed by atoms with E-state index in [2.05, 4.69) is 36.1 Å². The summed E-state index contributed by atoms with van der Waals surface area (Å²) >= 11 is 0. The highest BCUT2D eigenvalue weighted by Crippen LogP contribution is 2.16. The molecule has 0 spiro atoms. The zero-order valence-corrected chi connectivity index (χ0v) is 10.0. The molecule has 0 aromatic heterocycles. The lowest BCUT2D eigenvalue weighted by Gasteiger charge is -2.25. The smallest absolute Gasteiger partial charge is 0.147 e. The molecule has 1 unspecified atom stereocenters. The summed E-state index contributed by atoms with van der Waals surface area (Å²) in [6.45, 7) is 2.98. The number of nitrogens with zero attached hydrogens (tertiary/aromatic N) is 1. The zero-order chi connectivity index (χ0) is 12.1. The number of aldehydes is 1. The summed E-state index contributed by atoms with van der Waals surface area (Å²) in [5.74, 6) is 0. The van der Waals surface area contributed by atoms with E-state index in [0.717, 1.165) is 24.8 Å². The summed E-state index contributed by atoms with van der Waals surface area (Å²) in [7, 11) is 0. The van der Waals surface area contributed by atoms with Crippen LogP contribution in [-0.2, 0) is 11.3 Å². The monoisotopic (exact) mass is 227 g/mol. The van der Waals surface area contributed by atoms with Crippen molar-refractivity contribution in [2.75, 3.05) is 0 Å². The van der Waals surface area contributed by atoms with Gasteiger partial charge in [0, 0.05) is 24.4 Å². The van der Waals surface area contributed by atoms with Gasteiger partial charge in [0.1, 0.15) is 6.29 Å². The van der Waals surface area contributed by atoms with Crippen LogP contribution < -0.4 is 0 Å². The molecule has 0 amide bonds. The van der Waals surface area contributed by atoms with Crippen LogP contribution >= 0.6 is 0 Å². The first kappa shape index (κ1) is 11.6. The van der Waals surface area contributed by atoms with Gasteiger partial charge in [-0.15, -0.1) is 0 Å². The Labute approximate surface area is 102 Å². The molecular weight excluding hydrogens is 210 g/mol. The van der Waals surface area contributed by atoms with E-state index in [0.29, 0.717) is 6.04 Å². The molecule has 0 aliphatic carbocycles. The lowest BCUT2D eigenvalue weighted by molar-refractivity contribution is -0.105. The van der Waals surface area contributed by atoms with Gasteiger partial charge >= 0.3 is 0 Å². The molecule has 1 aromatic carbocycles. The van der Waals surface area contributed by atoms with Crippen LogP contribution in [0.15, 0.2) is 54.3 Å². The normalized spacial score (nSPS) is 19.7. The second kappa shape index (κ2) is 5.48. The number of allylic oxidation sites excluding steroid dienone is 2. The summed E-state index contributed by atoms with van der Waals surface area (Å²) in [6.07, 6.45) is 7.87. The molecule has 1 atom stereocenters. The van der Waals surface area contributed by atoms with Crippen LogP contribution in [-0.4, -0.2) is 17.2 Å². The fourth-order valence-electron chi connectivity index (χ4n) is 1.96. The largest absolute Gasteiger partial charge is 0.367 e. The number of carbonyl (C=O) groups excluding carboxylic acids is 1. The van der Waals surface area contributed by atoms with Crippen molar-refractivity contribution in [2.45, 2.75) is 25.9 Å². The average Bonchev–Trinajstić information content (AvgIpc) is 2.53. The summed E-state index contributed by atoms with van der Waals surface area (Å²) in [6, 6.07) is 10.6. The number of rotatable bonds is 3. The Bertz CT molecular complexity index is 433. The number of benzene rings is 1. The minimum atomic E-state index is 0.327. The van der Waals surface area contributed by atoms with Crippen LogP contribution in [0.3, 0.4) is 0 Å². The van der Waals surface area contributed by atoms with Crippen molar-refractivity contribution in [3.63, 3.8) is 0 Å². The number of hydrogen-bond acceptors (Lipinski definition) is 2. The van der Waals surface area contributed by atoms with Gasteiger partial charge in [0.15, 0.2) is 0 Å². The molecule has 1 aromatic rings. The molecule has 2 rings (SSSR count). The van der Waals surface area contributed by atoms with Gasteiger partial charge < -0.3 is 4.90 Å². The molecule has 1 aliphatic rings. The van der Waals surface area contributed by atoms with Crippen molar-refractivity contribution in [3.8, 4) is 0 Å². The lowest BCUT2D eigenvalue weighted by Crippen LogP contribution is -2.25. The second-order valence-corrected chi connectivity index (χ2v) is 4.35. The third-order valence-electron chi connectivity index (χ3n) is 2.98. The molecule has 0 bridgehead atoms. The maximum absolute atomic E-state index is 10.9. The Hall–Kier alpha value is -1.83. The first-order valence-electron chi connectivity index (χ1n) is 5.92. The van der Waals surface area contributed by atoms with Crippen molar-refractivity contribution in [2.24, 2.45) is 0 Å². The number of hydrogen-bond donors (Lipinski definition) is 0. The molecular formula is C15H17NO. The van der Waals surface area contributed by atoms with Crippen LogP contribution in [0.4, 0.5) is 0 Å². The predicted molar refractivity (Wildman–Crippen MR) is 69.4 cm³/mol. The lowest BCUT2D eigenvalue weighted by atomic mass is 10.2. The van der Waals surface area contributed by atoms with Gasteiger partial charge in [0.05, 0.1) is 0 Å². The van der Waals surface area contributed by atoms with Gasteiger partial charge in [0.25, 0.3) is 0 Å². The third kappa shape index (κ3) is 3.06. The second-order valence-electron chi connectivity index (χ2n) is 4.35. The Balaban J connectivity index is 2.17. The summed E-state index contributed by atoms with van der Waals surface area (Å²) in [5.41, 5.74) is 2.10. The SMILES string of the molecule is CC1C=CCC(C=O)=CN1Cc1ccccc1. The van der Waals surface area contributed by atoms with Crippen LogP contribution in [0, 0.1) is 0 Å². The van der Waals surface area contributed by atoms with Crippen LogP contribution in [0.25, 0.3) is 0 Å². The Morgan fingerprint density at radius 2 is 2.12 bits per heavy atom. The fourth-order valence-corrected chi connectivity index (χ4v) is 1.96. The van der Waals surface area contributed by atoms with Crippen molar-refractivity contribution in [1.82, 2.24) is 4.90 Å². The van der Waals surface area contributed by atoms with Crippen molar-refractivity contribution >= 4 is 6.29 Å².